The molecule has 0 bridgehead atoms. The molecule has 2 heteroatoms. The molecule has 0 aromatic heterocycles. The summed E-state index contributed by atoms with van der Waals surface area (Å²) in [5, 5.41) is 2.24. The van der Waals surface area contributed by atoms with E-state index in [1.54, 1.807) is 7.11 Å². The molecule has 1 aromatic rings. The molecule has 0 saturated heterocycles. The number of hydrogen-bond acceptors (Lipinski definition) is 2. The summed E-state index contributed by atoms with van der Waals surface area (Å²) in [6.45, 7) is 9.05. The third kappa shape index (κ3) is 1.49. The van der Waals surface area contributed by atoms with Crippen molar-refractivity contribution in [2.24, 2.45) is 0 Å². The molecule has 0 N–H and O–H groups in total. The zero-order chi connectivity index (χ0) is 13.4. The van der Waals surface area contributed by atoms with E-state index in [9.17, 15) is 0 Å². The Kier molecular flexibility index (Phi) is 3.52. The maximum absolute atomic E-state index is 5.83. The van der Waals surface area contributed by atoms with Crippen LogP contribution in [-0.4, -0.2) is 12.2 Å². The highest BCUT2D eigenvalue weighted by Gasteiger charge is 2.54. The van der Waals surface area contributed by atoms with Gasteiger partial charge in [0.2, 0.25) is 0 Å². The molecule has 0 amide bonds. The van der Waals surface area contributed by atoms with Gasteiger partial charge in [0.15, 0.2) is 0 Å². The highest BCUT2D eigenvalue weighted by molar-refractivity contribution is 5.43. The lowest BCUT2D eigenvalue weighted by molar-refractivity contribution is -0.258. The Labute approximate surface area is 111 Å². The van der Waals surface area contributed by atoms with Gasteiger partial charge >= 0.3 is 0 Å². The molecule has 1 heterocycles. The largest absolute Gasteiger partial charge is 0.301 e. The van der Waals surface area contributed by atoms with Crippen LogP contribution in [0.4, 0.5) is 0 Å². The van der Waals surface area contributed by atoms with Crippen LogP contribution in [0.5, 0.6) is 0 Å². The number of hydroxylamine groups is 2. The Hall–Kier alpha value is -0.860. The summed E-state index contributed by atoms with van der Waals surface area (Å²) in [6, 6.07) is 8.82. The van der Waals surface area contributed by atoms with E-state index in [2.05, 4.69) is 57.0 Å². The Morgan fingerprint density at radius 2 is 1.56 bits per heavy atom. The molecule has 1 aliphatic heterocycles. The maximum Gasteiger partial charge on any atom is 0.0719 e. The minimum absolute atomic E-state index is 0.0165. The van der Waals surface area contributed by atoms with Crippen molar-refractivity contribution >= 4 is 0 Å². The third-order valence-electron chi connectivity index (χ3n) is 4.89. The van der Waals surface area contributed by atoms with Crippen LogP contribution >= 0.6 is 0 Å². The van der Waals surface area contributed by atoms with Crippen LogP contribution in [0, 0.1) is 0 Å². The van der Waals surface area contributed by atoms with Crippen LogP contribution in [0.2, 0.25) is 0 Å². The van der Waals surface area contributed by atoms with Crippen molar-refractivity contribution in [3.05, 3.63) is 35.4 Å². The molecule has 1 atom stereocenters. The Morgan fingerprint density at radius 1 is 1.00 bits per heavy atom. The van der Waals surface area contributed by atoms with Crippen LogP contribution in [0.1, 0.15) is 58.1 Å². The van der Waals surface area contributed by atoms with E-state index in [0.717, 1.165) is 19.3 Å². The highest BCUT2D eigenvalue weighted by atomic mass is 16.7. The summed E-state index contributed by atoms with van der Waals surface area (Å²) >= 11 is 0. The zero-order valence-corrected chi connectivity index (χ0v) is 12.3. The van der Waals surface area contributed by atoms with Gasteiger partial charge in [-0.1, -0.05) is 45.0 Å². The fourth-order valence-corrected chi connectivity index (χ4v) is 3.68. The van der Waals surface area contributed by atoms with Crippen molar-refractivity contribution in [2.45, 2.75) is 58.0 Å². The second kappa shape index (κ2) is 4.67. The minimum atomic E-state index is -0.0165. The van der Waals surface area contributed by atoms with Crippen molar-refractivity contribution in [3.63, 3.8) is 0 Å². The molecule has 1 unspecified atom stereocenters. The van der Waals surface area contributed by atoms with Crippen molar-refractivity contribution in [1.82, 2.24) is 5.06 Å². The van der Waals surface area contributed by atoms with Gasteiger partial charge < -0.3 is 4.84 Å². The fraction of sp³-hybridized carbons (Fsp3) is 0.625. The van der Waals surface area contributed by atoms with Crippen molar-refractivity contribution in [1.29, 1.82) is 0 Å². The lowest BCUT2D eigenvalue weighted by Crippen LogP contribution is -2.48. The lowest BCUT2D eigenvalue weighted by atomic mass is 9.84. The second-order valence-corrected chi connectivity index (χ2v) is 5.39. The smallest absolute Gasteiger partial charge is 0.0719 e. The maximum atomic E-state index is 5.83. The van der Waals surface area contributed by atoms with Gasteiger partial charge in [0.1, 0.15) is 0 Å². The van der Waals surface area contributed by atoms with E-state index >= 15 is 0 Å². The van der Waals surface area contributed by atoms with E-state index in [1.807, 2.05) is 0 Å². The first kappa shape index (κ1) is 13.6. The Balaban J connectivity index is 2.70. The SMILES string of the molecule is CCC1(C)c2ccccc2C(CC)(CC)N1OC. The van der Waals surface area contributed by atoms with Gasteiger partial charge in [-0.05, 0) is 37.3 Å². The highest BCUT2D eigenvalue weighted by Crippen LogP contribution is 2.54. The Bertz CT molecular complexity index is 425. The van der Waals surface area contributed by atoms with Gasteiger partial charge in [-0.2, -0.15) is 5.06 Å². The molecule has 1 aromatic carbocycles. The Morgan fingerprint density at radius 3 is 2.00 bits per heavy atom. The molecule has 100 valence electrons. The lowest BCUT2D eigenvalue weighted by Gasteiger charge is -2.43. The third-order valence-corrected chi connectivity index (χ3v) is 4.89. The van der Waals surface area contributed by atoms with Gasteiger partial charge in [-0.25, -0.2) is 0 Å². The van der Waals surface area contributed by atoms with Crippen molar-refractivity contribution in [2.75, 3.05) is 7.11 Å². The molecule has 0 spiro atoms. The first-order valence-corrected chi connectivity index (χ1v) is 7.05. The van der Waals surface area contributed by atoms with E-state index in [0.29, 0.717) is 0 Å². The van der Waals surface area contributed by atoms with Crippen LogP contribution in [0.25, 0.3) is 0 Å². The average molecular weight is 247 g/mol. The van der Waals surface area contributed by atoms with E-state index in [4.69, 9.17) is 4.84 Å². The van der Waals surface area contributed by atoms with Crippen LogP contribution < -0.4 is 0 Å². The molecule has 0 aliphatic carbocycles. The summed E-state index contributed by atoms with van der Waals surface area (Å²) in [5.41, 5.74) is 2.88. The summed E-state index contributed by atoms with van der Waals surface area (Å²) < 4.78 is 0. The number of hydrogen-bond donors (Lipinski definition) is 0. The van der Waals surface area contributed by atoms with Gasteiger partial charge in [0.25, 0.3) is 0 Å². The topological polar surface area (TPSA) is 12.5 Å². The predicted octanol–water partition coefficient (Wildman–Crippen LogP) is 4.20. The molecule has 1 aliphatic rings. The molecule has 2 nitrogen and oxygen atoms in total. The number of rotatable bonds is 4. The number of nitrogens with zero attached hydrogens (tertiary/aromatic N) is 1. The standard InChI is InChI=1S/C16H25NO/c1-6-15(4)13-11-9-10-12-14(13)16(7-2,8-3)17(15)18-5/h9-12H,6-8H2,1-5H3. The van der Waals surface area contributed by atoms with Gasteiger partial charge in [-0.3, -0.25) is 0 Å². The van der Waals surface area contributed by atoms with Crippen LogP contribution in [0.3, 0.4) is 0 Å². The number of benzene rings is 1. The quantitative estimate of drug-likeness (QED) is 0.790. The summed E-state index contributed by atoms with van der Waals surface area (Å²) in [4.78, 5) is 5.83. The summed E-state index contributed by atoms with van der Waals surface area (Å²) in [6.07, 6.45) is 3.20. The predicted molar refractivity (Wildman–Crippen MR) is 75.2 cm³/mol. The van der Waals surface area contributed by atoms with Crippen LogP contribution in [-0.2, 0) is 15.9 Å². The monoisotopic (exact) mass is 247 g/mol. The molecule has 2 rings (SSSR count). The minimum Gasteiger partial charge on any atom is -0.301 e. The van der Waals surface area contributed by atoms with E-state index in [-0.39, 0.29) is 11.1 Å². The number of fused-ring (bicyclic) bond motifs is 1. The average Bonchev–Trinajstić information content (AvgIpc) is 2.65. The second-order valence-electron chi connectivity index (χ2n) is 5.39. The molecule has 18 heavy (non-hydrogen) atoms. The molecule has 0 fully saturated rings. The first-order valence-electron chi connectivity index (χ1n) is 7.05. The van der Waals surface area contributed by atoms with Gasteiger partial charge in [-0.15, -0.1) is 0 Å². The van der Waals surface area contributed by atoms with Crippen molar-refractivity contribution < 1.29 is 4.84 Å². The molecular weight excluding hydrogens is 222 g/mol. The molecular formula is C16H25NO. The van der Waals surface area contributed by atoms with Gasteiger partial charge in [0, 0.05) is 0 Å². The first-order chi connectivity index (χ1) is 8.60. The summed E-state index contributed by atoms with van der Waals surface area (Å²) in [5.74, 6) is 0. The fourth-order valence-electron chi connectivity index (χ4n) is 3.68. The van der Waals surface area contributed by atoms with E-state index in [1.165, 1.54) is 11.1 Å². The van der Waals surface area contributed by atoms with E-state index < -0.39 is 0 Å². The van der Waals surface area contributed by atoms with Crippen LogP contribution in [0.15, 0.2) is 24.3 Å². The van der Waals surface area contributed by atoms with Gasteiger partial charge in [0.05, 0.1) is 18.2 Å². The zero-order valence-electron chi connectivity index (χ0n) is 12.3. The molecule has 0 saturated carbocycles. The van der Waals surface area contributed by atoms with Crippen molar-refractivity contribution in [3.8, 4) is 0 Å². The normalized spacial score (nSPS) is 26.3. The molecule has 0 radical (unpaired) electrons. The summed E-state index contributed by atoms with van der Waals surface area (Å²) in [7, 11) is 1.81.